The van der Waals surface area contributed by atoms with Gasteiger partial charge < -0.3 is 19.5 Å². The van der Waals surface area contributed by atoms with Crippen LogP contribution in [0.4, 0.5) is 4.79 Å². The van der Waals surface area contributed by atoms with Crippen molar-refractivity contribution < 1.29 is 28.6 Å². The molecule has 2 heterocycles. The van der Waals surface area contributed by atoms with Gasteiger partial charge in [0.15, 0.2) is 0 Å². The number of para-hydroxylation sites is 1. The van der Waals surface area contributed by atoms with Crippen LogP contribution in [0.2, 0.25) is 0 Å². The smallest absolute Gasteiger partial charge is 0.411 e. The summed E-state index contributed by atoms with van der Waals surface area (Å²) in [7, 11) is 1.32. The van der Waals surface area contributed by atoms with Crippen LogP contribution in [-0.2, 0) is 30.4 Å². The number of carbonyl (C=O) groups excluding carboxylic acids is 3. The van der Waals surface area contributed by atoms with Crippen LogP contribution in [0, 0.1) is 5.92 Å². The van der Waals surface area contributed by atoms with Crippen LogP contribution in [0.15, 0.2) is 36.5 Å². The first-order valence-electron chi connectivity index (χ1n) is 12.4. The van der Waals surface area contributed by atoms with E-state index in [1.54, 1.807) is 27.0 Å². The highest BCUT2D eigenvalue weighted by molar-refractivity contribution is 5.94. The molecule has 194 valence electrons. The SMILES string of the molecule is CCC1C[C@]1(NC(=O)[C@@H]1C[C@@H](OCc2cccc3cccnc23)CN1C(=O)OC(C)(C)C)C(=O)OC. The quantitative estimate of drug-likeness (QED) is 0.583. The van der Waals surface area contributed by atoms with E-state index >= 15 is 0 Å². The van der Waals surface area contributed by atoms with Crippen LogP contribution in [0.1, 0.15) is 52.5 Å². The highest BCUT2D eigenvalue weighted by Gasteiger charge is 2.62. The predicted octanol–water partition coefficient (Wildman–Crippen LogP) is 3.59. The molecule has 1 N–H and O–H groups in total. The number of hydrogen-bond donors (Lipinski definition) is 1. The second-order valence-corrected chi connectivity index (χ2v) is 10.6. The molecule has 2 aliphatic rings. The number of benzene rings is 1. The molecule has 1 unspecified atom stereocenters. The van der Waals surface area contributed by atoms with Crippen molar-refractivity contribution in [2.24, 2.45) is 5.92 Å². The molecule has 0 spiro atoms. The van der Waals surface area contributed by atoms with Crippen molar-refractivity contribution in [3.8, 4) is 0 Å². The molecule has 2 amide bonds. The predicted molar refractivity (Wildman–Crippen MR) is 133 cm³/mol. The first kappa shape index (κ1) is 25.9. The summed E-state index contributed by atoms with van der Waals surface area (Å²) in [6, 6.07) is 8.95. The number of likely N-dealkylation sites (tertiary alicyclic amines) is 1. The monoisotopic (exact) mass is 497 g/mol. The molecule has 0 bridgehead atoms. The Labute approximate surface area is 211 Å². The molecule has 1 aliphatic heterocycles. The van der Waals surface area contributed by atoms with Crippen LogP contribution in [0.25, 0.3) is 10.9 Å². The molecule has 36 heavy (non-hydrogen) atoms. The first-order chi connectivity index (χ1) is 17.1. The Morgan fingerprint density at radius 3 is 2.61 bits per heavy atom. The fourth-order valence-electron chi connectivity index (χ4n) is 4.94. The van der Waals surface area contributed by atoms with Gasteiger partial charge in [0.05, 0.1) is 31.9 Å². The lowest BCUT2D eigenvalue weighted by molar-refractivity contribution is -0.147. The van der Waals surface area contributed by atoms with E-state index in [2.05, 4.69) is 10.3 Å². The number of nitrogens with zero attached hydrogens (tertiary/aromatic N) is 2. The van der Waals surface area contributed by atoms with Gasteiger partial charge >= 0.3 is 12.1 Å². The fraction of sp³-hybridized carbons (Fsp3) is 0.556. The number of aromatic nitrogens is 1. The lowest BCUT2D eigenvalue weighted by Crippen LogP contribution is -2.53. The number of methoxy groups -OCH3 is 1. The van der Waals surface area contributed by atoms with Crippen LogP contribution in [0.5, 0.6) is 0 Å². The number of ether oxygens (including phenoxy) is 3. The minimum atomic E-state index is -1.03. The zero-order chi connectivity index (χ0) is 26.1. The molecule has 4 rings (SSSR count). The normalized spacial score (nSPS) is 25.5. The Morgan fingerprint density at radius 2 is 1.94 bits per heavy atom. The second kappa shape index (κ2) is 10.0. The van der Waals surface area contributed by atoms with Gasteiger partial charge in [0.2, 0.25) is 5.91 Å². The molecule has 1 aromatic heterocycles. The van der Waals surface area contributed by atoms with Gasteiger partial charge in [-0.05, 0) is 39.2 Å². The summed E-state index contributed by atoms with van der Waals surface area (Å²) in [6.45, 7) is 7.79. The number of amides is 2. The van der Waals surface area contributed by atoms with Crippen molar-refractivity contribution in [2.45, 2.75) is 76.9 Å². The highest BCUT2D eigenvalue weighted by atomic mass is 16.6. The minimum Gasteiger partial charge on any atom is -0.467 e. The molecule has 1 saturated carbocycles. The lowest BCUT2D eigenvalue weighted by atomic mass is 10.1. The largest absolute Gasteiger partial charge is 0.467 e. The molecule has 9 nitrogen and oxygen atoms in total. The molecule has 4 atom stereocenters. The van der Waals surface area contributed by atoms with Crippen molar-refractivity contribution in [1.29, 1.82) is 0 Å². The zero-order valence-corrected chi connectivity index (χ0v) is 21.6. The van der Waals surface area contributed by atoms with E-state index in [4.69, 9.17) is 14.2 Å². The van der Waals surface area contributed by atoms with E-state index in [9.17, 15) is 14.4 Å². The molecule has 9 heteroatoms. The van der Waals surface area contributed by atoms with Gasteiger partial charge in [0, 0.05) is 23.6 Å². The molecular formula is C27H35N3O6. The number of hydrogen-bond acceptors (Lipinski definition) is 7. The summed E-state index contributed by atoms with van der Waals surface area (Å²) < 4.78 is 16.7. The van der Waals surface area contributed by atoms with E-state index in [0.29, 0.717) is 13.0 Å². The summed E-state index contributed by atoms with van der Waals surface area (Å²) >= 11 is 0. The van der Waals surface area contributed by atoms with Gasteiger partial charge in [-0.2, -0.15) is 0 Å². The van der Waals surface area contributed by atoms with Crippen LogP contribution in [-0.4, -0.2) is 64.8 Å². The van der Waals surface area contributed by atoms with Gasteiger partial charge in [-0.1, -0.05) is 37.6 Å². The standard InChI is InChI=1S/C27H35N3O6/c1-6-19-14-27(19,24(32)34-5)29-23(31)21-13-20(15-30(21)25(33)36-26(2,3)4)35-16-18-10-7-9-17-11-8-12-28-22(17)18/h7-12,19-21H,6,13-16H2,1-5H3,(H,29,31)/t19?,20-,21+,27-/m1/s1. The van der Waals surface area contributed by atoms with Crippen LogP contribution in [0.3, 0.4) is 0 Å². The van der Waals surface area contributed by atoms with Crippen molar-refractivity contribution in [1.82, 2.24) is 15.2 Å². The van der Waals surface area contributed by atoms with Gasteiger partial charge in [0.1, 0.15) is 17.2 Å². The fourth-order valence-corrected chi connectivity index (χ4v) is 4.94. The summed E-state index contributed by atoms with van der Waals surface area (Å²) in [5, 5.41) is 3.91. The van der Waals surface area contributed by atoms with Gasteiger partial charge in [-0.3, -0.25) is 14.7 Å². The summed E-state index contributed by atoms with van der Waals surface area (Å²) in [5.74, 6) is -0.850. The Morgan fingerprint density at radius 1 is 1.19 bits per heavy atom. The maximum absolute atomic E-state index is 13.4. The number of esters is 1. The maximum atomic E-state index is 13.4. The van der Waals surface area contributed by atoms with Crippen molar-refractivity contribution in [3.63, 3.8) is 0 Å². The summed E-state index contributed by atoms with van der Waals surface area (Å²) in [6.07, 6.45) is 2.32. The zero-order valence-electron chi connectivity index (χ0n) is 21.6. The molecule has 0 radical (unpaired) electrons. The van der Waals surface area contributed by atoms with Gasteiger partial charge in [0.25, 0.3) is 0 Å². The molecule has 2 fully saturated rings. The van der Waals surface area contributed by atoms with Gasteiger partial charge in [-0.25, -0.2) is 9.59 Å². The Hall–Kier alpha value is -3.20. The van der Waals surface area contributed by atoms with Crippen LogP contribution < -0.4 is 5.32 Å². The topological polar surface area (TPSA) is 107 Å². The van der Waals surface area contributed by atoms with Crippen LogP contribution >= 0.6 is 0 Å². The third-order valence-corrected chi connectivity index (χ3v) is 6.88. The second-order valence-electron chi connectivity index (χ2n) is 10.6. The van der Waals surface area contributed by atoms with E-state index in [1.807, 2.05) is 37.3 Å². The maximum Gasteiger partial charge on any atom is 0.411 e. The van der Waals surface area contributed by atoms with E-state index in [0.717, 1.165) is 22.9 Å². The molecule has 1 saturated heterocycles. The van der Waals surface area contributed by atoms with E-state index in [-0.39, 0.29) is 25.0 Å². The Kier molecular flexibility index (Phi) is 7.22. The third-order valence-electron chi connectivity index (χ3n) is 6.88. The van der Waals surface area contributed by atoms with E-state index in [1.165, 1.54) is 12.0 Å². The van der Waals surface area contributed by atoms with Crippen molar-refractivity contribution in [2.75, 3.05) is 13.7 Å². The van der Waals surface area contributed by atoms with E-state index < -0.39 is 35.2 Å². The Balaban J connectivity index is 1.50. The van der Waals surface area contributed by atoms with Crippen molar-refractivity contribution in [3.05, 3.63) is 42.1 Å². The number of carbonyl (C=O) groups is 3. The third kappa shape index (κ3) is 5.31. The number of pyridine rings is 1. The van der Waals surface area contributed by atoms with Crippen molar-refractivity contribution >= 4 is 28.9 Å². The number of fused-ring (bicyclic) bond motifs is 1. The lowest BCUT2D eigenvalue weighted by Gasteiger charge is -2.29. The van der Waals surface area contributed by atoms with Gasteiger partial charge in [-0.15, -0.1) is 0 Å². The first-order valence-corrected chi connectivity index (χ1v) is 12.4. The average Bonchev–Trinajstić information content (AvgIpc) is 3.38. The molecule has 2 aromatic rings. The summed E-state index contributed by atoms with van der Waals surface area (Å²) in [5.41, 5.74) is 0.0325. The summed E-state index contributed by atoms with van der Waals surface area (Å²) in [4.78, 5) is 44.8. The molecule has 1 aromatic carbocycles. The highest BCUT2D eigenvalue weighted by Crippen LogP contribution is 2.47. The number of rotatable bonds is 7. The molecule has 1 aliphatic carbocycles. The molecular weight excluding hydrogens is 462 g/mol. The Bertz CT molecular complexity index is 1140. The average molecular weight is 498 g/mol. The minimum absolute atomic E-state index is 0.0104. The number of nitrogens with one attached hydrogen (secondary N) is 1.